The second-order valence-electron chi connectivity index (χ2n) is 3.89. The number of carboxylic acid groups (broad SMARTS) is 1. The van der Waals surface area contributed by atoms with Crippen LogP contribution in [0.25, 0.3) is 0 Å². The normalized spacial score (nSPS) is 10.9. The lowest BCUT2D eigenvalue weighted by atomic mass is 10.1. The monoisotopic (exact) mass is 225 g/mol. The highest BCUT2D eigenvalue weighted by Gasteiger charge is 2.29. The average molecular weight is 225 g/mol. The summed E-state index contributed by atoms with van der Waals surface area (Å²) < 4.78 is 12.8. The minimum atomic E-state index is -1.39. The van der Waals surface area contributed by atoms with Gasteiger partial charge in [-0.15, -0.1) is 0 Å². The Balaban J connectivity index is 2.85. The molecule has 1 aromatic rings. The van der Waals surface area contributed by atoms with Crippen LogP contribution in [0, 0.1) is 5.82 Å². The molecule has 4 nitrogen and oxygen atoms in total. The molecule has 2 N–H and O–H groups in total. The molecule has 0 spiro atoms. The van der Waals surface area contributed by atoms with E-state index in [0.29, 0.717) is 0 Å². The molecule has 5 heteroatoms. The Morgan fingerprint density at radius 3 is 2.50 bits per heavy atom. The van der Waals surface area contributed by atoms with Gasteiger partial charge in [0.25, 0.3) is 5.91 Å². The van der Waals surface area contributed by atoms with Crippen LogP contribution in [0.2, 0.25) is 0 Å². The number of carboxylic acids is 1. The van der Waals surface area contributed by atoms with E-state index in [1.165, 1.54) is 32.0 Å². The summed E-state index contributed by atoms with van der Waals surface area (Å²) in [5, 5.41) is 11.1. The summed E-state index contributed by atoms with van der Waals surface area (Å²) in [6, 6.07) is 5.06. The van der Waals surface area contributed by atoms with Gasteiger partial charge in [0, 0.05) is 5.56 Å². The highest BCUT2D eigenvalue weighted by molar-refractivity contribution is 5.97. The van der Waals surface area contributed by atoms with E-state index in [1.807, 2.05) is 0 Å². The highest BCUT2D eigenvalue weighted by atomic mass is 19.1. The Morgan fingerprint density at radius 2 is 2.00 bits per heavy atom. The van der Waals surface area contributed by atoms with Crippen LogP contribution >= 0.6 is 0 Å². The Labute approximate surface area is 92.1 Å². The molecule has 0 unspecified atom stereocenters. The molecular weight excluding hydrogens is 213 g/mol. The molecule has 16 heavy (non-hydrogen) atoms. The summed E-state index contributed by atoms with van der Waals surface area (Å²) in [6.45, 7) is 2.71. The molecule has 0 radical (unpaired) electrons. The predicted molar refractivity (Wildman–Crippen MR) is 55.6 cm³/mol. The predicted octanol–water partition coefficient (Wildman–Crippen LogP) is 1.42. The third-order valence-corrected chi connectivity index (χ3v) is 2.05. The van der Waals surface area contributed by atoms with Crippen molar-refractivity contribution in [3.8, 4) is 0 Å². The fourth-order valence-electron chi connectivity index (χ4n) is 1.04. The number of carbonyl (C=O) groups is 2. The molecule has 86 valence electrons. The van der Waals surface area contributed by atoms with Crippen molar-refractivity contribution < 1.29 is 19.1 Å². The van der Waals surface area contributed by atoms with Gasteiger partial charge in [0.15, 0.2) is 0 Å². The molecule has 1 aromatic carbocycles. The number of benzene rings is 1. The molecule has 0 aliphatic carbocycles. The van der Waals surface area contributed by atoms with Crippen LogP contribution in [-0.4, -0.2) is 22.5 Å². The van der Waals surface area contributed by atoms with Crippen molar-refractivity contribution in [3.05, 3.63) is 35.6 Å². The van der Waals surface area contributed by atoms with E-state index in [-0.39, 0.29) is 5.56 Å². The third-order valence-electron chi connectivity index (χ3n) is 2.05. The molecule has 0 aromatic heterocycles. The van der Waals surface area contributed by atoms with Gasteiger partial charge < -0.3 is 10.4 Å². The van der Waals surface area contributed by atoms with Crippen molar-refractivity contribution in [1.29, 1.82) is 0 Å². The van der Waals surface area contributed by atoms with Crippen LogP contribution in [0.1, 0.15) is 24.2 Å². The Kier molecular flexibility index (Phi) is 3.27. The van der Waals surface area contributed by atoms with Crippen LogP contribution in [-0.2, 0) is 4.79 Å². The molecule has 0 aliphatic heterocycles. The van der Waals surface area contributed by atoms with Gasteiger partial charge in [-0.05, 0) is 32.0 Å². The van der Waals surface area contributed by atoms with Gasteiger partial charge in [-0.3, -0.25) is 4.79 Å². The fourth-order valence-corrected chi connectivity index (χ4v) is 1.04. The molecular formula is C11H12FNO3. The van der Waals surface area contributed by atoms with Crippen LogP contribution in [0.5, 0.6) is 0 Å². The van der Waals surface area contributed by atoms with Gasteiger partial charge in [0.1, 0.15) is 11.4 Å². The second kappa shape index (κ2) is 4.30. The zero-order valence-corrected chi connectivity index (χ0v) is 8.95. The molecule has 1 amide bonds. The SMILES string of the molecule is CC(C)(NC(=O)c1cccc(F)c1)C(=O)O. The van der Waals surface area contributed by atoms with Crippen molar-refractivity contribution in [2.45, 2.75) is 19.4 Å². The summed E-state index contributed by atoms with van der Waals surface area (Å²) in [7, 11) is 0. The number of hydrogen-bond donors (Lipinski definition) is 2. The van der Waals surface area contributed by atoms with E-state index in [2.05, 4.69) is 5.32 Å². The summed E-state index contributed by atoms with van der Waals surface area (Å²) in [4.78, 5) is 22.3. The summed E-state index contributed by atoms with van der Waals surface area (Å²) >= 11 is 0. The first-order valence-corrected chi connectivity index (χ1v) is 4.64. The molecule has 0 heterocycles. The van der Waals surface area contributed by atoms with Crippen molar-refractivity contribution in [2.24, 2.45) is 0 Å². The third kappa shape index (κ3) is 2.79. The lowest BCUT2D eigenvalue weighted by Gasteiger charge is -2.20. The maximum absolute atomic E-state index is 12.8. The zero-order chi connectivity index (χ0) is 12.3. The molecule has 0 saturated heterocycles. The smallest absolute Gasteiger partial charge is 0.328 e. The van der Waals surface area contributed by atoms with Gasteiger partial charge in [-0.25, -0.2) is 9.18 Å². The topological polar surface area (TPSA) is 66.4 Å². The maximum atomic E-state index is 12.8. The highest BCUT2D eigenvalue weighted by Crippen LogP contribution is 2.07. The van der Waals surface area contributed by atoms with Crippen LogP contribution in [0.3, 0.4) is 0 Å². The standard InChI is InChI=1S/C11H12FNO3/c1-11(2,10(15)16)13-9(14)7-4-3-5-8(12)6-7/h3-6H,1-2H3,(H,13,14)(H,15,16). The first kappa shape index (κ1) is 12.2. The van der Waals surface area contributed by atoms with Crippen molar-refractivity contribution >= 4 is 11.9 Å². The van der Waals surface area contributed by atoms with Gasteiger partial charge in [0.05, 0.1) is 0 Å². The molecule has 0 fully saturated rings. The summed E-state index contributed by atoms with van der Waals surface area (Å²) in [5.74, 6) is -2.31. The molecule has 1 rings (SSSR count). The number of amides is 1. The van der Waals surface area contributed by atoms with Gasteiger partial charge >= 0.3 is 5.97 Å². The van der Waals surface area contributed by atoms with Crippen LogP contribution < -0.4 is 5.32 Å². The largest absolute Gasteiger partial charge is 0.480 e. The molecule has 0 aliphatic rings. The molecule has 0 bridgehead atoms. The first-order valence-electron chi connectivity index (χ1n) is 4.64. The van der Waals surface area contributed by atoms with E-state index in [0.717, 1.165) is 6.07 Å². The van der Waals surface area contributed by atoms with Crippen LogP contribution in [0.15, 0.2) is 24.3 Å². The zero-order valence-electron chi connectivity index (χ0n) is 8.95. The van der Waals surface area contributed by atoms with E-state index < -0.39 is 23.2 Å². The number of nitrogens with one attached hydrogen (secondary N) is 1. The summed E-state index contributed by atoms with van der Waals surface area (Å²) in [5.41, 5.74) is -1.29. The van der Waals surface area contributed by atoms with Gasteiger partial charge in [-0.2, -0.15) is 0 Å². The van der Waals surface area contributed by atoms with Gasteiger partial charge in [0.2, 0.25) is 0 Å². The lowest BCUT2D eigenvalue weighted by molar-refractivity contribution is -0.143. The van der Waals surface area contributed by atoms with E-state index in [1.54, 1.807) is 0 Å². The number of aliphatic carboxylic acids is 1. The van der Waals surface area contributed by atoms with E-state index in [9.17, 15) is 14.0 Å². The number of halogens is 1. The van der Waals surface area contributed by atoms with E-state index in [4.69, 9.17) is 5.11 Å². The van der Waals surface area contributed by atoms with Crippen molar-refractivity contribution in [1.82, 2.24) is 5.32 Å². The Morgan fingerprint density at radius 1 is 1.38 bits per heavy atom. The number of carbonyl (C=O) groups excluding carboxylic acids is 1. The number of rotatable bonds is 3. The van der Waals surface area contributed by atoms with Gasteiger partial charge in [-0.1, -0.05) is 6.07 Å². The quantitative estimate of drug-likeness (QED) is 0.817. The molecule has 0 saturated carbocycles. The first-order chi connectivity index (χ1) is 7.33. The Bertz CT molecular complexity index is 429. The van der Waals surface area contributed by atoms with Crippen molar-refractivity contribution in [2.75, 3.05) is 0 Å². The molecule has 0 atom stereocenters. The fraction of sp³-hybridized carbons (Fsp3) is 0.273. The van der Waals surface area contributed by atoms with Crippen LogP contribution in [0.4, 0.5) is 4.39 Å². The minimum Gasteiger partial charge on any atom is -0.480 e. The average Bonchev–Trinajstić information content (AvgIpc) is 2.16. The second-order valence-corrected chi connectivity index (χ2v) is 3.89. The lowest BCUT2D eigenvalue weighted by Crippen LogP contribution is -2.49. The Hall–Kier alpha value is -1.91. The minimum absolute atomic E-state index is 0.0920. The maximum Gasteiger partial charge on any atom is 0.328 e. The number of hydrogen-bond acceptors (Lipinski definition) is 2. The van der Waals surface area contributed by atoms with E-state index >= 15 is 0 Å². The van der Waals surface area contributed by atoms with Crippen molar-refractivity contribution in [3.63, 3.8) is 0 Å². The summed E-state index contributed by atoms with van der Waals surface area (Å²) in [6.07, 6.45) is 0.